The molecule has 140 valence electrons. The minimum Gasteiger partial charge on any atom is -0.300 e. The van der Waals surface area contributed by atoms with E-state index in [2.05, 4.69) is 35.6 Å². The highest BCUT2D eigenvalue weighted by Gasteiger charge is 2.27. The summed E-state index contributed by atoms with van der Waals surface area (Å²) in [6, 6.07) is 2.08. The Balaban J connectivity index is 2.10. The van der Waals surface area contributed by atoms with E-state index in [1.165, 1.54) is 5.57 Å². The van der Waals surface area contributed by atoms with Crippen molar-refractivity contribution in [3.63, 3.8) is 0 Å². The molecule has 1 aliphatic heterocycles. The Kier molecular flexibility index (Phi) is 6.46. The predicted octanol–water partition coefficient (Wildman–Crippen LogP) is 3.63. The minimum absolute atomic E-state index is 0.0209. The maximum Gasteiger partial charge on any atom is 0.241 e. The summed E-state index contributed by atoms with van der Waals surface area (Å²) >= 11 is 0. The Hall–Kier alpha value is -1.17. The molecule has 1 fully saturated rings. The molecule has 4 nitrogen and oxygen atoms in total. The molecule has 0 radical (unpaired) electrons. The van der Waals surface area contributed by atoms with Gasteiger partial charge in [0.2, 0.25) is 10.0 Å². The lowest BCUT2D eigenvalue weighted by Gasteiger charge is -2.32. The second-order valence-corrected chi connectivity index (χ2v) is 9.22. The van der Waals surface area contributed by atoms with Crippen LogP contribution in [0.25, 0.3) is 0 Å². The predicted molar refractivity (Wildman–Crippen MR) is 105 cm³/mol. The molecule has 0 amide bonds. The monoisotopic (exact) mass is 364 g/mol. The molecule has 1 aliphatic rings. The normalized spacial score (nSPS) is 16.9. The number of likely N-dealkylation sites (tertiary alicyclic amines) is 1. The molecule has 0 aliphatic carbocycles. The summed E-state index contributed by atoms with van der Waals surface area (Å²) in [6.45, 7) is 14.8. The smallest absolute Gasteiger partial charge is 0.241 e. The molecule has 1 saturated heterocycles. The Morgan fingerprint density at radius 2 is 1.64 bits per heavy atom. The Morgan fingerprint density at radius 3 is 2.12 bits per heavy atom. The van der Waals surface area contributed by atoms with Gasteiger partial charge in [0, 0.05) is 12.6 Å². The largest absolute Gasteiger partial charge is 0.300 e. The van der Waals surface area contributed by atoms with E-state index in [0.29, 0.717) is 4.90 Å². The first-order valence-corrected chi connectivity index (χ1v) is 10.6. The van der Waals surface area contributed by atoms with E-state index in [1.807, 2.05) is 27.7 Å². The molecule has 0 unspecified atom stereocenters. The van der Waals surface area contributed by atoms with Crippen LogP contribution < -0.4 is 4.72 Å². The highest BCUT2D eigenvalue weighted by Crippen LogP contribution is 2.26. The third-order valence-corrected chi connectivity index (χ3v) is 7.03. The van der Waals surface area contributed by atoms with Crippen molar-refractivity contribution in [2.45, 2.75) is 65.3 Å². The number of hydrogen-bond donors (Lipinski definition) is 1. The van der Waals surface area contributed by atoms with Crippen LogP contribution in [0.4, 0.5) is 0 Å². The second kappa shape index (κ2) is 8.02. The molecule has 0 saturated carbocycles. The zero-order valence-corrected chi connectivity index (χ0v) is 17.3. The van der Waals surface area contributed by atoms with Crippen molar-refractivity contribution >= 4 is 10.0 Å². The van der Waals surface area contributed by atoms with Crippen molar-refractivity contribution in [1.29, 1.82) is 0 Å². The van der Waals surface area contributed by atoms with Gasteiger partial charge in [-0.25, -0.2) is 13.1 Å². The first-order valence-electron chi connectivity index (χ1n) is 9.07. The summed E-state index contributed by atoms with van der Waals surface area (Å²) in [5, 5.41) is 0. The first kappa shape index (κ1) is 20.1. The van der Waals surface area contributed by atoms with Crippen molar-refractivity contribution in [3.05, 3.63) is 40.0 Å². The van der Waals surface area contributed by atoms with Gasteiger partial charge in [-0.1, -0.05) is 17.7 Å². The fraction of sp³-hybridized carbons (Fsp3) is 0.600. The summed E-state index contributed by atoms with van der Waals surface area (Å²) in [4.78, 5) is 2.85. The minimum atomic E-state index is -3.49. The van der Waals surface area contributed by atoms with Gasteiger partial charge < -0.3 is 0 Å². The van der Waals surface area contributed by atoms with Gasteiger partial charge in [-0.05, 0) is 89.7 Å². The quantitative estimate of drug-likeness (QED) is 0.812. The molecule has 0 spiro atoms. The third kappa shape index (κ3) is 4.93. The molecule has 0 atom stereocenters. The molecule has 1 aromatic carbocycles. The van der Waals surface area contributed by atoms with Crippen LogP contribution in [0.15, 0.2) is 22.6 Å². The highest BCUT2D eigenvalue weighted by molar-refractivity contribution is 7.89. The zero-order chi connectivity index (χ0) is 18.8. The molecular formula is C20H32N2O2S. The summed E-state index contributed by atoms with van der Waals surface area (Å²) in [5.74, 6) is 0. The molecule has 1 N–H and O–H groups in total. The molecule has 0 bridgehead atoms. The van der Waals surface area contributed by atoms with Gasteiger partial charge in [-0.15, -0.1) is 0 Å². The van der Waals surface area contributed by atoms with E-state index < -0.39 is 10.0 Å². The number of benzene rings is 1. The van der Waals surface area contributed by atoms with Crippen LogP contribution in [0.1, 0.15) is 48.9 Å². The Labute approximate surface area is 153 Å². The van der Waals surface area contributed by atoms with E-state index >= 15 is 0 Å². The number of piperidine rings is 1. The van der Waals surface area contributed by atoms with Crippen LogP contribution in [-0.4, -0.2) is 39.0 Å². The molecule has 25 heavy (non-hydrogen) atoms. The van der Waals surface area contributed by atoms with Crippen LogP contribution in [0.3, 0.4) is 0 Å². The standard InChI is InChI=1S/C20H32N2O2S/c1-14(2)7-10-22-11-8-19(9-12-22)21-25(23,24)20-17(5)15(3)13-16(4)18(20)6/h7,13,19,21H,8-12H2,1-6H3. The highest BCUT2D eigenvalue weighted by atomic mass is 32.2. The molecule has 1 aromatic rings. The topological polar surface area (TPSA) is 49.4 Å². The average Bonchev–Trinajstić information content (AvgIpc) is 2.52. The maximum absolute atomic E-state index is 13.0. The van der Waals surface area contributed by atoms with Crippen LogP contribution in [0.2, 0.25) is 0 Å². The molecule has 1 heterocycles. The van der Waals surface area contributed by atoms with Crippen LogP contribution in [0, 0.1) is 27.7 Å². The fourth-order valence-corrected chi connectivity index (χ4v) is 5.33. The van der Waals surface area contributed by atoms with E-state index in [-0.39, 0.29) is 6.04 Å². The fourth-order valence-electron chi connectivity index (χ4n) is 3.41. The number of nitrogens with one attached hydrogen (secondary N) is 1. The van der Waals surface area contributed by atoms with Gasteiger partial charge in [-0.2, -0.15) is 0 Å². The van der Waals surface area contributed by atoms with Crippen molar-refractivity contribution in [2.75, 3.05) is 19.6 Å². The number of hydrogen-bond acceptors (Lipinski definition) is 3. The second-order valence-electron chi connectivity index (χ2n) is 7.57. The number of nitrogens with zero attached hydrogens (tertiary/aromatic N) is 1. The lowest BCUT2D eigenvalue weighted by molar-refractivity contribution is 0.226. The SMILES string of the molecule is CC(C)=CCN1CCC(NS(=O)(=O)c2c(C)c(C)cc(C)c2C)CC1. The van der Waals surface area contributed by atoms with Crippen LogP contribution in [-0.2, 0) is 10.0 Å². The summed E-state index contributed by atoms with van der Waals surface area (Å²) in [6.07, 6.45) is 3.95. The maximum atomic E-state index is 13.0. The summed E-state index contributed by atoms with van der Waals surface area (Å²) < 4.78 is 29.0. The lowest BCUT2D eigenvalue weighted by atomic mass is 10.0. The number of sulfonamides is 1. The zero-order valence-electron chi connectivity index (χ0n) is 16.4. The van der Waals surface area contributed by atoms with Gasteiger partial charge in [0.15, 0.2) is 0 Å². The van der Waals surface area contributed by atoms with Gasteiger partial charge in [0.1, 0.15) is 0 Å². The molecular weight excluding hydrogens is 332 g/mol. The Bertz CT molecular complexity index is 728. The first-order chi connectivity index (χ1) is 11.6. The van der Waals surface area contributed by atoms with Gasteiger partial charge in [0.25, 0.3) is 0 Å². The molecule has 2 rings (SSSR count). The van der Waals surface area contributed by atoms with Crippen molar-refractivity contribution in [2.24, 2.45) is 0 Å². The van der Waals surface area contributed by atoms with E-state index in [9.17, 15) is 8.42 Å². The van der Waals surface area contributed by atoms with Crippen LogP contribution >= 0.6 is 0 Å². The Morgan fingerprint density at radius 1 is 1.12 bits per heavy atom. The lowest BCUT2D eigenvalue weighted by Crippen LogP contribution is -2.44. The third-order valence-electron chi connectivity index (χ3n) is 5.23. The summed E-state index contributed by atoms with van der Waals surface area (Å²) in [7, 11) is -3.49. The van der Waals surface area contributed by atoms with E-state index in [4.69, 9.17) is 0 Å². The number of allylic oxidation sites excluding steroid dienone is 1. The van der Waals surface area contributed by atoms with E-state index in [1.54, 1.807) is 0 Å². The van der Waals surface area contributed by atoms with Gasteiger partial charge in [-0.3, -0.25) is 4.90 Å². The van der Waals surface area contributed by atoms with Gasteiger partial charge in [0.05, 0.1) is 4.90 Å². The van der Waals surface area contributed by atoms with Crippen molar-refractivity contribution in [1.82, 2.24) is 9.62 Å². The van der Waals surface area contributed by atoms with Gasteiger partial charge >= 0.3 is 0 Å². The van der Waals surface area contributed by atoms with Crippen molar-refractivity contribution < 1.29 is 8.42 Å². The number of rotatable bonds is 5. The molecule has 5 heteroatoms. The van der Waals surface area contributed by atoms with E-state index in [0.717, 1.165) is 54.7 Å². The van der Waals surface area contributed by atoms with Crippen LogP contribution in [0.5, 0.6) is 0 Å². The van der Waals surface area contributed by atoms with Crippen molar-refractivity contribution in [3.8, 4) is 0 Å². The molecule has 0 aromatic heterocycles. The number of aryl methyl sites for hydroxylation is 2. The average molecular weight is 365 g/mol. The summed E-state index contributed by atoms with van der Waals surface area (Å²) in [5.41, 5.74) is 5.09.